The normalized spacial score (nSPS) is 10.7. The molecule has 1 N–H and O–H groups in total. The number of anilines is 1. The second-order valence-corrected chi connectivity index (χ2v) is 8.28. The lowest BCUT2D eigenvalue weighted by atomic mass is 10.1. The summed E-state index contributed by atoms with van der Waals surface area (Å²) in [6, 6.07) is 15.7. The van der Waals surface area contributed by atoms with Gasteiger partial charge in [-0.25, -0.2) is 4.98 Å². The van der Waals surface area contributed by atoms with Crippen molar-refractivity contribution >= 4 is 46.3 Å². The highest BCUT2D eigenvalue weighted by Crippen LogP contribution is 2.27. The summed E-state index contributed by atoms with van der Waals surface area (Å²) < 4.78 is 0.960. The van der Waals surface area contributed by atoms with Crippen LogP contribution in [0.2, 0.25) is 5.02 Å². The standard InChI is InChI=1S/C20H19ClN2OS2/c1-2-15-7-3-4-9-18(15)23-19(24)11-17-13-26-20(22-17)25-12-14-6-5-8-16(21)10-14/h3-10,13H,2,11-12H2,1H3,(H,23,24). The van der Waals surface area contributed by atoms with Crippen LogP contribution in [0.3, 0.4) is 0 Å². The topological polar surface area (TPSA) is 42.0 Å². The van der Waals surface area contributed by atoms with E-state index in [-0.39, 0.29) is 12.3 Å². The maximum atomic E-state index is 12.3. The van der Waals surface area contributed by atoms with E-state index in [2.05, 4.69) is 17.2 Å². The second-order valence-electron chi connectivity index (χ2n) is 5.76. The number of halogens is 1. The van der Waals surface area contributed by atoms with Gasteiger partial charge in [-0.2, -0.15) is 0 Å². The largest absolute Gasteiger partial charge is 0.325 e. The molecule has 0 aliphatic rings. The highest BCUT2D eigenvalue weighted by Gasteiger charge is 2.10. The molecule has 0 aliphatic carbocycles. The Morgan fingerprint density at radius 2 is 2.08 bits per heavy atom. The first kappa shape index (κ1) is 19.0. The summed E-state index contributed by atoms with van der Waals surface area (Å²) in [5, 5.41) is 5.68. The van der Waals surface area contributed by atoms with Crippen molar-refractivity contribution in [3.63, 3.8) is 0 Å². The summed E-state index contributed by atoms with van der Waals surface area (Å²) >= 11 is 9.23. The first-order chi connectivity index (χ1) is 12.6. The predicted molar refractivity (Wildman–Crippen MR) is 111 cm³/mol. The number of amides is 1. The Bertz CT molecular complexity index is 895. The predicted octanol–water partition coefficient (Wildman–Crippen LogP) is 5.83. The van der Waals surface area contributed by atoms with E-state index < -0.39 is 0 Å². The molecule has 0 spiro atoms. The summed E-state index contributed by atoms with van der Waals surface area (Å²) in [6.07, 6.45) is 1.17. The van der Waals surface area contributed by atoms with Crippen LogP contribution in [0.5, 0.6) is 0 Å². The van der Waals surface area contributed by atoms with Crippen LogP contribution in [-0.2, 0) is 23.4 Å². The van der Waals surface area contributed by atoms with Crippen molar-refractivity contribution in [3.8, 4) is 0 Å². The SMILES string of the molecule is CCc1ccccc1NC(=O)Cc1csc(SCc2cccc(Cl)c2)n1. The first-order valence-electron chi connectivity index (χ1n) is 8.33. The van der Waals surface area contributed by atoms with E-state index in [0.29, 0.717) is 0 Å². The maximum Gasteiger partial charge on any atom is 0.230 e. The molecule has 26 heavy (non-hydrogen) atoms. The quantitative estimate of drug-likeness (QED) is 0.505. The fourth-order valence-electron chi connectivity index (χ4n) is 2.52. The third-order valence-electron chi connectivity index (χ3n) is 3.80. The molecular formula is C20H19ClN2OS2. The van der Waals surface area contributed by atoms with Gasteiger partial charge in [0.25, 0.3) is 0 Å². The molecule has 0 bridgehead atoms. The molecule has 6 heteroatoms. The third kappa shape index (κ3) is 5.34. The van der Waals surface area contributed by atoms with Crippen LogP contribution in [0, 0.1) is 0 Å². The number of nitrogens with zero attached hydrogens (tertiary/aromatic N) is 1. The average Bonchev–Trinajstić information content (AvgIpc) is 3.08. The third-order valence-corrected chi connectivity index (χ3v) is 6.17. The molecule has 134 valence electrons. The van der Waals surface area contributed by atoms with E-state index in [1.807, 2.05) is 53.9 Å². The van der Waals surface area contributed by atoms with Crippen molar-refractivity contribution in [3.05, 3.63) is 75.8 Å². The van der Waals surface area contributed by atoms with Gasteiger partial charge in [-0.3, -0.25) is 4.79 Å². The van der Waals surface area contributed by atoms with Gasteiger partial charge in [0, 0.05) is 21.8 Å². The molecule has 0 saturated carbocycles. The highest BCUT2D eigenvalue weighted by molar-refractivity contribution is 8.00. The maximum absolute atomic E-state index is 12.3. The van der Waals surface area contributed by atoms with Crippen molar-refractivity contribution < 1.29 is 4.79 Å². The van der Waals surface area contributed by atoms with Crippen molar-refractivity contribution in [1.29, 1.82) is 0 Å². The van der Waals surface area contributed by atoms with Gasteiger partial charge in [-0.05, 0) is 35.7 Å². The van der Waals surface area contributed by atoms with Crippen LogP contribution in [0.4, 0.5) is 5.69 Å². The van der Waals surface area contributed by atoms with Gasteiger partial charge in [0.05, 0.1) is 12.1 Å². The summed E-state index contributed by atoms with van der Waals surface area (Å²) in [6.45, 7) is 2.08. The van der Waals surface area contributed by atoms with E-state index in [9.17, 15) is 4.79 Å². The second kappa shape index (κ2) is 9.21. The number of nitrogens with one attached hydrogen (secondary N) is 1. The highest BCUT2D eigenvalue weighted by atomic mass is 35.5. The number of aryl methyl sites for hydroxylation is 1. The molecular weight excluding hydrogens is 384 g/mol. The van der Waals surface area contributed by atoms with Gasteiger partial charge in [0.1, 0.15) is 4.34 Å². The minimum absolute atomic E-state index is 0.0393. The molecule has 3 aromatic rings. The van der Waals surface area contributed by atoms with Gasteiger partial charge < -0.3 is 5.32 Å². The Hall–Kier alpha value is -1.82. The monoisotopic (exact) mass is 402 g/mol. The molecule has 1 aromatic heterocycles. The molecule has 0 aliphatic heterocycles. The first-order valence-corrected chi connectivity index (χ1v) is 10.6. The molecule has 1 heterocycles. The van der Waals surface area contributed by atoms with Gasteiger partial charge in [0.2, 0.25) is 5.91 Å². The molecule has 1 amide bonds. The molecule has 0 atom stereocenters. The number of para-hydroxylation sites is 1. The minimum Gasteiger partial charge on any atom is -0.325 e. The van der Waals surface area contributed by atoms with Crippen LogP contribution < -0.4 is 5.32 Å². The van der Waals surface area contributed by atoms with Crippen LogP contribution in [0.1, 0.15) is 23.7 Å². The van der Waals surface area contributed by atoms with Gasteiger partial charge in [0.15, 0.2) is 0 Å². The Balaban J connectivity index is 1.55. The number of thioether (sulfide) groups is 1. The number of carbonyl (C=O) groups excluding carboxylic acids is 1. The van der Waals surface area contributed by atoms with Gasteiger partial charge in [-0.1, -0.05) is 60.6 Å². The Morgan fingerprint density at radius 3 is 2.88 bits per heavy atom. The van der Waals surface area contributed by atoms with Crippen molar-refractivity contribution in [1.82, 2.24) is 4.98 Å². The van der Waals surface area contributed by atoms with E-state index in [4.69, 9.17) is 11.6 Å². The Kier molecular flexibility index (Phi) is 6.72. The number of aromatic nitrogens is 1. The number of hydrogen-bond acceptors (Lipinski definition) is 4. The van der Waals surface area contributed by atoms with Crippen LogP contribution in [0.15, 0.2) is 58.3 Å². The van der Waals surface area contributed by atoms with Crippen molar-refractivity contribution in [2.75, 3.05) is 5.32 Å². The van der Waals surface area contributed by atoms with E-state index in [1.54, 1.807) is 23.1 Å². The number of carbonyl (C=O) groups is 1. The summed E-state index contributed by atoms with van der Waals surface area (Å²) in [4.78, 5) is 16.9. The number of thiazole rings is 1. The fraction of sp³-hybridized carbons (Fsp3) is 0.200. The molecule has 0 saturated heterocycles. The fourth-order valence-corrected chi connectivity index (χ4v) is 4.52. The van der Waals surface area contributed by atoms with E-state index in [0.717, 1.165) is 44.0 Å². The Morgan fingerprint density at radius 1 is 1.23 bits per heavy atom. The summed E-state index contributed by atoms with van der Waals surface area (Å²) in [5.74, 6) is 0.770. The van der Waals surface area contributed by atoms with Crippen molar-refractivity contribution in [2.24, 2.45) is 0 Å². The zero-order chi connectivity index (χ0) is 18.4. The van der Waals surface area contributed by atoms with Crippen LogP contribution >= 0.6 is 34.7 Å². The van der Waals surface area contributed by atoms with Crippen molar-refractivity contribution in [2.45, 2.75) is 29.9 Å². The zero-order valence-corrected chi connectivity index (χ0v) is 16.8. The molecule has 0 radical (unpaired) electrons. The minimum atomic E-state index is -0.0393. The van der Waals surface area contributed by atoms with Crippen LogP contribution in [-0.4, -0.2) is 10.9 Å². The lowest BCUT2D eigenvalue weighted by Gasteiger charge is -2.08. The van der Waals surface area contributed by atoms with Gasteiger partial charge in [-0.15, -0.1) is 11.3 Å². The molecule has 3 nitrogen and oxygen atoms in total. The Labute approximate surface area is 166 Å². The zero-order valence-electron chi connectivity index (χ0n) is 14.4. The van der Waals surface area contributed by atoms with E-state index >= 15 is 0 Å². The lowest BCUT2D eigenvalue weighted by molar-refractivity contribution is -0.115. The number of benzene rings is 2. The van der Waals surface area contributed by atoms with Gasteiger partial charge >= 0.3 is 0 Å². The molecule has 2 aromatic carbocycles. The average molecular weight is 403 g/mol. The summed E-state index contributed by atoms with van der Waals surface area (Å²) in [7, 11) is 0. The summed E-state index contributed by atoms with van der Waals surface area (Å²) in [5.41, 5.74) is 3.98. The molecule has 3 rings (SSSR count). The smallest absolute Gasteiger partial charge is 0.230 e. The van der Waals surface area contributed by atoms with Crippen LogP contribution in [0.25, 0.3) is 0 Å². The molecule has 0 unspecified atom stereocenters. The lowest BCUT2D eigenvalue weighted by Crippen LogP contribution is -2.15. The number of hydrogen-bond donors (Lipinski definition) is 1. The molecule has 0 fully saturated rings. The number of rotatable bonds is 7. The van der Waals surface area contributed by atoms with E-state index in [1.165, 1.54) is 0 Å².